The lowest BCUT2D eigenvalue weighted by molar-refractivity contribution is -0.127. The van der Waals surface area contributed by atoms with Crippen molar-refractivity contribution < 1.29 is 9.53 Å². The Kier molecular flexibility index (Phi) is 8.28. The molecule has 1 heterocycles. The molecule has 2 aromatic rings. The average molecular weight is 433 g/mol. The van der Waals surface area contributed by atoms with Crippen molar-refractivity contribution in [1.82, 2.24) is 10.2 Å². The summed E-state index contributed by atoms with van der Waals surface area (Å²) in [5, 5.41) is 3.89. The number of benzene rings is 2. The minimum Gasteiger partial charge on any atom is -0.497 e. The van der Waals surface area contributed by atoms with Crippen molar-refractivity contribution in [2.75, 3.05) is 39.5 Å². The van der Waals surface area contributed by atoms with E-state index >= 15 is 0 Å². The standard InChI is InChI=1S/C23H29ClN2O2S/c1-26-13-11-21(18-5-7-19(24)8-6-18)22(15-26)23(27)25-12-14-29-16-17-3-9-20(28-2)10-4-17/h3-10,21-22H,11-16H2,1-2H3,(H,25,27). The Labute approximate surface area is 183 Å². The fourth-order valence-corrected chi connectivity index (χ4v) is 4.72. The van der Waals surface area contributed by atoms with Crippen LogP contribution in [0.25, 0.3) is 0 Å². The predicted molar refractivity (Wildman–Crippen MR) is 122 cm³/mol. The van der Waals surface area contributed by atoms with Crippen molar-refractivity contribution >= 4 is 29.3 Å². The molecule has 1 aliphatic rings. The molecule has 0 spiro atoms. The van der Waals surface area contributed by atoms with Gasteiger partial charge in [-0.05, 0) is 61.3 Å². The van der Waals surface area contributed by atoms with Gasteiger partial charge in [0.15, 0.2) is 0 Å². The number of methoxy groups -OCH3 is 1. The smallest absolute Gasteiger partial charge is 0.225 e. The molecule has 0 radical (unpaired) electrons. The molecule has 0 bridgehead atoms. The second-order valence-electron chi connectivity index (χ2n) is 7.51. The van der Waals surface area contributed by atoms with Gasteiger partial charge in [0.1, 0.15) is 5.75 Å². The highest BCUT2D eigenvalue weighted by molar-refractivity contribution is 7.98. The molecule has 6 heteroatoms. The first-order chi connectivity index (χ1) is 14.1. The molecule has 2 unspecified atom stereocenters. The highest BCUT2D eigenvalue weighted by Gasteiger charge is 2.33. The van der Waals surface area contributed by atoms with Gasteiger partial charge in [0.2, 0.25) is 5.91 Å². The minimum atomic E-state index is -0.0264. The van der Waals surface area contributed by atoms with Crippen LogP contribution in [-0.2, 0) is 10.5 Å². The van der Waals surface area contributed by atoms with Gasteiger partial charge in [0.05, 0.1) is 13.0 Å². The summed E-state index contributed by atoms with van der Waals surface area (Å²) in [6, 6.07) is 16.1. The number of carbonyl (C=O) groups is 1. The maximum absolute atomic E-state index is 12.9. The first-order valence-corrected chi connectivity index (χ1v) is 11.5. The summed E-state index contributed by atoms with van der Waals surface area (Å²) < 4.78 is 5.19. The number of thioether (sulfide) groups is 1. The Bertz CT molecular complexity index is 782. The third-order valence-corrected chi connectivity index (χ3v) is 6.71. The van der Waals surface area contributed by atoms with Crippen LogP contribution < -0.4 is 10.1 Å². The van der Waals surface area contributed by atoms with E-state index in [4.69, 9.17) is 16.3 Å². The normalized spacial score (nSPS) is 19.7. The van der Waals surface area contributed by atoms with Gasteiger partial charge >= 0.3 is 0 Å². The van der Waals surface area contributed by atoms with Crippen LogP contribution >= 0.6 is 23.4 Å². The lowest BCUT2D eigenvalue weighted by Gasteiger charge is -2.36. The molecule has 0 aliphatic carbocycles. The number of ether oxygens (including phenoxy) is 1. The fourth-order valence-electron chi connectivity index (χ4n) is 3.78. The summed E-state index contributed by atoms with van der Waals surface area (Å²) in [5.41, 5.74) is 2.47. The largest absolute Gasteiger partial charge is 0.497 e. The van der Waals surface area contributed by atoms with Crippen LogP contribution in [0.4, 0.5) is 0 Å². The lowest BCUT2D eigenvalue weighted by Crippen LogP contribution is -2.45. The number of piperidine rings is 1. The SMILES string of the molecule is COc1ccc(CSCCNC(=O)C2CN(C)CCC2c2ccc(Cl)cc2)cc1. The van der Waals surface area contributed by atoms with E-state index in [0.29, 0.717) is 6.54 Å². The van der Waals surface area contributed by atoms with Crippen molar-refractivity contribution in [3.63, 3.8) is 0 Å². The fraction of sp³-hybridized carbons (Fsp3) is 0.435. The number of rotatable bonds is 8. The summed E-state index contributed by atoms with van der Waals surface area (Å²) >= 11 is 7.86. The molecular weight excluding hydrogens is 404 g/mol. The van der Waals surface area contributed by atoms with Gasteiger partial charge < -0.3 is 15.0 Å². The first kappa shape index (κ1) is 22.0. The third-order valence-electron chi connectivity index (χ3n) is 5.42. The molecule has 4 nitrogen and oxygen atoms in total. The molecule has 0 saturated carbocycles. The minimum absolute atomic E-state index is 0.0264. The van der Waals surface area contributed by atoms with E-state index in [-0.39, 0.29) is 17.7 Å². The molecule has 1 amide bonds. The first-order valence-electron chi connectivity index (χ1n) is 9.99. The lowest BCUT2D eigenvalue weighted by atomic mass is 9.80. The van der Waals surface area contributed by atoms with Gasteiger partial charge in [-0.3, -0.25) is 4.79 Å². The maximum Gasteiger partial charge on any atom is 0.225 e. The number of nitrogens with zero attached hydrogens (tertiary/aromatic N) is 1. The number of hydrogen-bond acceptors (Lipinski definition) is 4. The number of likely N-dealkylation sites (tertiary alicyclic amines) is 1. The summed E-state index contributed by atoms with van der Waals surface area (Å²) in [6.07, 6.45) is 0.989. The molecule has 1 fully saturated rings. The summed E-state index contributed by atoms with van der Waals surface area (Å²) in [4.78, 5) is 15.2. The van der Waals surface area contributed by atoms with Crippen LogP contribution in [0.1, 0.15) is 23.5 Å². The highest BCUT2D eigenvalue weighted by Crippen LogP contribution is 2.33. The maximum atomic E-state index is 12.9. The van der Waals surface area contributed by atoms with Gasteiger partial charge in [-0.1, -0.05) is 35.9 Å². The van der Waals surface area contributed by atoms with E-state index in [2.05, 4.69) is 41.5 Å². The number of carbonyl (C=O) groups excluding carboxylic acids is 1. The van der Waals surface area contributed by atoms with Crippen LogP contribution in [0.15, 0.2) is 48.5 Å². The Hall–Kier alpha value is -1.69. The number of hydrogen-bond donors (Lipinski definition) is 1. The van der Waals surface area contributed by atoms with Gasteiger partial charge in [0, 0.05) is 29.6 Å². The monoisotopic (exact) mass is 432 g/mol. The van der Waals surface area contributed by atoms with Gasteiger partial charge in [-0.2, -0.15) is 11.8 Å². The second-order valence-corrected chi connectivity index (χ2v) is 9.05. The molecule has 29 heavy (non-hydrogen) atoms. The molecule has 2 atom stereocenters. The topological polar surface area (TPSA) is 41.6 Å². The Balaban J connectivity index is 1.47. The molecular formula is C23H29ClN2O2S. The molecule has 0 aromatic heterocycles. The van der Waals surface area contributed by atoms with Gasteiger partial charge in [-0.15, -0.1) is 0 Å². The van der Waals surface area contributed by atoms with E-state index in [0.717, 1.165) is 41.8 Å². The Morgan fingerprint density at radius 3 is 2.62 bits per heavy atom. The van der Waals surface area contributed by atoms with Gasteiger partial charge in [-0.25, -0.2) is 0 Å². The van der Waals surface area contributed by atoms with E-state index < -0.39 is 0 Å². The molecule has 2 aromatic carbocycles. The molecule has 3 rings (SSSR count). The van der Waals surface area contributed by atoms with E-state index in [1.54, 1.807) is 7.11 Å². The quantitative estimate of drug-likeness (QED) is 0.626. The van der Waals surface area contributed by atoms with E-state index in [9.17, 15) is 4.79 Å². The summed E-state index contributed by atoms with van der Waals surface area (Å²) in [5.74, 6) is 3.07. The average Bonchev–Trinajstić information content (AvgIpc) is 2.74. The van der Waals surface area contributed by atoms with Crippen molar-refractivity contribution in [2.24, 2.45) is 5.92 Å². The predicted octanol–water partition coefficient (Wildman–Crippen LogP) is 4.43. The van der Waals surface area contributed by atoms with Crippen LogP contribution in [0.2, 0.25) is 5.02 Å². The zero-order valence-electron chi connectivity index (χ0n) is 17.1. The molecule has 1 N–H and O–H groups in total. The van der Waals surface area contributed by atoms with E-state index in [1.807, 2.05) is 36.0 Å². The van der Waals surface area contributed by atoms with Gasteiger partial charge in [0.25, 0.3) is 0 Å². The summed E-state index contributed by atoms with van der Waals surface area (Å²) in [7, 11) is 3.76. The highest BCUT2D eigenvalue weighted by atomic mass is 35.5. The summed E-state index contributed by atoms with van der Waals surface area (Å²) in [6.45, 7) is 2.49. The molecule has 1 saturated heterocycles. The third kappa shape index (κ3) is 6.39. The zero-order chi connectivity index (χ0) is 20.6. The van der Waals surface area contributed by atoms with Crippen molar-refractivity contribution in [3.05, 3.63) is 64.7 Å². The van der Waals surface area contributed by atoms with Crippen molar-refractivity contribution in [3.8, 4) is 5.75 Å². The van der Waals surface area contributed by atoms with Crippen LogP contribution in [0, 0.1) is 5.92 Å². The number of nitrogens with one attached hydrogen (secondary N) is 1. The number of halogens is 1. The number of amides is 1. The second kappa shape index (κ2) is 10.9. The molecule has 156 valence electrons. The van der Waals surface area contributed by atoms with Crippen LogP contribution in [-0.4, -0.2) is 50.4 Å². The Morgan fingerprint density at radius 1 is 1.21 bits per heavy atom. The zero-order valence-corrected chi connectivity index (χ0v) is 18.6. The molecule has 1 aliphatic heterocycles. The van der Waals surface area contributed by atoms with Crippen molar-refractivity contribution in [1.29, 1.82) is 0 Å². The Morgan fingerprint density at radius 2 is 1.93 bits per heavy atom. The van der Waals surface area contributed by atoms with Crippen molar-refractivity contribution in [2.45, 2.75) is 18.1 Å². The van der Waals surface area contributed by atoms with E-state index in [1.165, 1.54) is 11.1 Å². The van der Waals surface area contributed by atoms with Crippen LogP contribution in [0.5, 0.6) is 5.75 Å². The van der Waals surface area contributed by atoms with Crippen LogP contribution in [0.3, 0.4) is 0 Å².